The smallest absolute Gasteiger partial charge is 0.223 e. The largest absolute Gasteiger partial charge is 0.351 e. The molecule has 1 aliphatic carbocycles. The molecule has 1 amide bonds. The second-order valence-electron chi connectivity index (χ2n) is 6.61. The molecule has 1 saturated carbocycles. The van der Waals surface area contributed by atoms with Crippen LogP contribution in [0.25, 0.3) is 0 Å². The van der Waals surface area contributed by atoms with Gasteiger partial charge in [-0.1, -0.05) is 39.0 Å². The van der Waals surface area contributed by atoms with E-state index in [1.807, 2.05) is 0 Å². The van der Waals surface area contributed by atoms with Crippen molar-refractivity contribution < 1.29 is 4.79 Å². The van der Waals surface area contributed by atoms with Crippen LogP contribution in [0.3, 0.4) is 0 Å². The summed E-state index contributed by atoms with van der Waals surface area (Å²) in [5, 5.41) is 3.14. The summed E-state index contributed by atoms with van der Waals surface area (Å²) < 4.78 is 0. The van der Waals surface area contributed by atoms with Crippen LogP contribution in [0.5, 0.6) is 0 Å². The molecule has 1 N–H and O–H groups in total. The molecular formula is C15H29NO. The van der Waals surface area contributed by atoms with Crippen molar-refractivity contribution in [2.24, 2.45) is 11.8 Å². The zero-order valence-corrected chi connectivity index (χ0v) is 12.0. The number of hydrogen-bond donors (Lipinski definition) is 1. The molecule has 0 aromatic heterocycles. The van der Waals surface area contributed by atoms with Crippen LogP contribution in [-0.4, -0.2) is 11.4 Å². The van der Waals surface area contributed by atoms with E-state index in [0.717, 1.165) is 18.8 Å². The molecule has 1 aliphatic rings. The fourth-order valence-corrected chi connectivity index (χ4v) is 2.41. The van der Waals surface area contributed by atoms with E-state index in [9.17, 15) is 4.79 Å². The molecule has 1 unspecified atom stereocenters. The van der Waals surface area contributed by atoms with Gasteiger partial charge < -0.3 is 5.32 Å². The lowest BCUT2D eigenvalue weighted by Crippen LogP contribution is -2.44. The Labute approximate surface area is 107 Å². The lowest BCUT2D eigenvalue weighted by atomic mass is 9.77. The average Bonchev–Trinajstić information content (AvgIpc) is 2.12. The molecule has 1 atom stereocenters. The predicted octanol–water partition coefficient (Wildman–Crippen LogP) is 3.90. The molecule has 0 bridgehead atoms. The maximum absolute atomic E-state index is 12.2. The van der Waals surface area contributed by atoms with Crippen LogP contribution in [0.4, 0.5) is 0 Å². The Morgan fingerprint density at radius 1 is 1.35 bits per heavy atom. The zero-order chi connectivity index (χ0) is 12.9. The highest BCUT2D eigenvalue weighted by atomic mass is 16.2. The number of hydrogen-bond acceptors (Lipinski definition) is 1. The van der Waals surface area contributed by atoms with Crippen molar-refractivity contribution >= 4 is 5.91 Å². The van der Waals surface area contributed by atoms with Crippen molar-refractivity contribution in [2.75, 3.05) is 0 Å². The summed E-state index contributed by atoms with van der Waals surface area (Å²) in [6, 6.07) is 0. The molecule has 0 radical (unpaired) electrons. The summed E-state index contributed by atoms with van der Waals surface area (Å²) >= 11 is 0. The Morgan fingerprint density at radius 2 is 2.00 bits per heavy atom. The molecule has 17 heavy (non-hydrogen) atoms. The van der Waals surface area contributed by atoms with Gasteiger partial charge in [-0.2, -0.15) is 0 Å². The summed E-state index contributed by atoms with van der Waals surface area (Å²) in [7, 11) is 0. The first-order chi connectivity index (χ1) is 7.92. The van der Waals surface area contributed by atoms with Gasteiger partial charge in [-0.05, 0) is 39.5 Å². The molecule has 0 spiro atoms. The molecule has 100 valence electrons. The van der Waals surface area contributed by atoms with Crippen LogP contribution >= 0.6 is 0 Å². The van der Waals surface area contributed by atoms with Crippen LogP contribution in [0, 0.1) is 11.8 Å². The van der Waals surface area contributed by atoms with Crippen molar-refractivity contribution in [3.05, 3.63) is 0 Å². The molecule has 0 aliphatic heterocycles. The normalized spacial score (nSPS) is 18.6. The number of amides is 1. The topological polar surface area (TPSA) is 29.1 Å². The average molecular weight is 239 g/mol. The minimum Gasteiger partial charge on any atom is -0.351 e. The minimum atomic E-state index is -0.0961. The highest BCUT2D eigenvalue weighted by molar-refractivity contribution is 5.79. The third kappa shape index (κ3) is 5.56. The van der Waals surface area contributed by atoms with Crippen molar-refractivity contribution in [2.45, 2.75) is 78.2 Å². The molecule has 0 aromatic carbocycles. The van der Waals surface area contributed by atoms with E-state index >= 15 is 0 Å². The Kier molecular flexibility index (Phi) is 5.48. The van der Waals surface area contributed by atoms with Gasteiger partial charge >= 0.3 is 0 Å². The second kappa shape index (κ2) is 6.42. The number of carbonyl (C=O) groups is 1. The van der Waals surface area contributed by atoms with E-state index in [-0.39, 0.29) is 17.4 Å². The van der Waals surface area contributed by atoms with Crippen molar-refractivity contribution in [1.29, 1.82) is 0 Å². The van der Waals surface area contributed by atoms with Crippen LogP contribution in [-0.2, 0) is 4.79 Å². The standard InChI is InChI=1S/C15H29NO/c1-5-6-10-13(11-12-8-7-9-12)14(17)16-15(2,3)4/h12-13H,5-11H2,1-4H3,(H,16,17). The fraction of sp³-hybridized carbons (Fsp3) is 0.933. The summed E-state index contributed by atoms with van der Waals surface area (Å²) in [6.07, 6.45) is 8.58. The maximum Gasteiger partial charge on any atom is 0.223 e. The minimum absolute atomic E-state index is 0.0961. The van der Waals surface area contributed by atoms with Gasteiger partial charge in [-0.25, -0.2) is 0 Å². The van der Waals surface area contributed by atoms with Crippen LogP contribution in [0.1, 0.15) is 72.6 Å². The van der Waals surface area contributed by atoms with Gasteiger partial charge in [0.2, 0.25) is 5.91 Å². The maximum atomic E-state index is 12.2. The SMILES string of the molecule is CCCCC(CC1CCC1)C(=O)NC(C)(C)C. The van der Waals surface area contributed by atoms with Crippen LogP contribution in [0.2, 0.25) is 0 Å². The summed E-state index contributed by atoms with van der Waals surface area (Å²) in [6.45, 7) is 8.38. The predicted molar refractivity (Wildman–Crippen MR) is 72.9 cm³/mol. The molecule has 1 rings (SSSR count). The molecule has 0 heterocycles. The number of rotatable bonds is 6. The third-order valence-corrected chi connectivity index (χ3v) is 3.62. The number of unbranched alkanes of at least 4 members (excludes halogenated alkanes) is 1. The van der Waals surface area contributed by atoms with E-state index in [0.29, 0.717) is 0 Å². The Balaban J connectivity index is 2.44. The van der Waals surface area contributed by atoms with E-state index in [1.165, 1.54) is 32.1 Å². The van der Waals surface area contributed by atoms with Gasteiger partial charge in [-0.15, -0.1) is 0 Å². The zero-order valence-electron chi connectivity index (χ0n) is 12.0. The monoisotopic (exact) mass is 239 g/mol. The van der Waals surface area contributed by atoms with Crippen LogP contribution in [0.15, 0.2) is 0 Å². The second-order valence-corrected chi connectivity index (χ2v) is 6.61. The van der Waals surface area contributed by atoms with Gasteiger partial charge in [-0.3, -0.25) is 4.79 Å². The Bertz CT molecular complexity index is 238. The molecule has 0 saturated heterocycles. The van der Waals surface area contributed by atoms with Crippen molar-refractivity contribution in [3.63, 3.8) is 0 Å². The highest BCUT2D eigenvalue weighted by Gasteiger charge is 2.27. The summed E-state index contributed by atoms with van der Waals surface area (Å²) in [4.78, 5) is 12.2. The number of carbonyl (C=O) groups excluding carboxylic acids is 1. The first-order valence-electron chi connectivity index (χ1n) is 7.24. The lowest BCUT2D eigenvalue weighted by molar-refractivity contribution is -0.127. The third-order valence-electron chi connectivity index (χ3n) is 3.62. The van der Waals surface area contributed by atoms with Crippen molar-refractivity contribution in [1.82, 2.24) is 5.32 Å². The highest BCUT2D eigenvalue weighted by Crippen LogP contribution is 2.33. The van der Waals surface area contributed by atoms with Gasteiger partial charge in [0, 0.05) is 11.5 Å². The van der Waals surface area contributed by atoms with Gasteiger partial charge in [0.05, 0.1) is 0 Å². The van der Waals surface area contributed by atoms with Gasteiger partial charge in [0.15, 0.2) is 0 Å². The van der Waals surface area contributed by atoms with E-state index in [1.54, 1.807) is 0 Å². The number of nitrogens with one attached hydrogen (secondary N) is 1. The summed E-state index contributed by atoms with van der Waals surface area (Å²) in [5.74, 6) is 1.35. The first-order valence-corrected chi connectivity index (χ1v) is 7.24. The van der Waals surface area contributed by atoms with E-state index < -0.39 is 0 Å². The lowest BCUT2D eigenvalue weighted by Gasteiger charge is -2.31. The molecule has 2 heteroatoms. The van der Waals surface area contributed by atoms with Crippen molar-refractivity contribution in [3.8, 4) is 0 Å². The molecule has 1 fully saturated rings. The van der Waals surface area contributed by atoms with Crippen LogP contribution < -0.4 is 5.32 Å². The van der Waals surface area contributed by atoms with Gasteiger partial charge in [0.25, 0.3) is 0 Å². The molecule has 0 aromatic rings. The molecule has 2 nitrogen and oxygen atoms in total. The molecular weight excluding hydrogens is 210 g/mol. The Morgan fingerprint density at radius 3 is 2.41 bits per heavy atom. The first kappa shape index (κ1) is 14.5. The van der Waals surface area contributed by atoms with Gasteiger partial charge in [0.1, 0.15) is 0 Å². The Hall–Kier alpha value is -0.530. The fourth-order valence-electron chi connectivity index (χ4n) is 2.41. The summed E-state index contributed by atoms with van der Waals surface area (Å²) in [5.41, 5.74) is -0.0961. The van der Waals surface area contributed by atoms with E-state index in [2.05, 4.69) is 33.0 Å². The quantitative estimate of drug-likeness (QED) is 0.748. The van der Waals surface area contributed by atoms with E-state index in [4.69, 9.17) is 0 Å².